The summed E-state index contributed by atoms with van der Waals surface area (Å²) in [4.78, 5) is 2.42. The molecule has 3 rings (SSSR count). The van der Waals surface area contributed by atoms with E-state index in [1.807, 2.05) is 6.07 Å². The average molecular weight is 296 g/mol. The van der Waals surface area contributed by atoms with Crippen LogP contribution in [0.4, 0.5) is 0 Å². The van der Waals surface area contributed by atoms with Gasteiger partial charge in [-0.25, -0.2) is 0 Å². The maximum atomic E-state index is 5.99. The van der Waals surface area contributed by atoms with Gasteiger partial charge in [-0.15, -0.1) is 12.4 Å². The number of hydrogen-bond donors (Lipinski definition) is 0. The van der Waals surface area contributed by atoms with Crippen molar-refractivity contribution >= 4 is 12.4 Å². The lowest BCUT2D eigenvalue weighted by Gasteiger charge is -2.43. The molecule has 4 heteroatoms. The molecule has 0 saturated carbocycles. The van der Waals surface area contributed by atoms with Crippen molar-refractivity contribution in [3.63, 3.8) is 0 Å². The Bertz CT molecular complexity index is 478. The third-order valence-corrected chi connectivity index (χ3v) is 4.22. The van der Waals surface area contributed by atoms with Crippen LogP contribution in [-0.2, 0) is 0 Å². The number of piperidine rings is 1. The van der Waals surface area contributed by atoms with E-state index in [0.29, 0.717) is 18.6 Å². The Labute approximate surface area is 127 Å². The summed E-state index contributed by atoms with van der Waals surface area (Å²) in [5.74, 6) is 2.37. The van der Waals surface area contributed by atoms with Crippen molar-refractivity contribution in [2.24, 2.45) is 0 Å². The summed E-state index contributed by atoms with van der Waals surface area (Å²) in [6.45, 7) is 6.15. The molecule has 3 nitrogen and oxygen atoms in total. The molecule has 110 valence electrons. The van der Waals surface area contributed by atoms with Gasteiger partial charge in [0.15, 0.2) is 11.5 Å². The molecule has 0 N–H and O–H groups in total. The molecule has 2 atom stereocenters. The van der Waals surface area contributed by atoms with Gasteiger partial charge in [0.05, 0.1) is 6.04 Å². The van der Waals surface area contributed by atoms with Crippen molar-refractivity contribution in [3.05, 3.63) is 36.4 Å². The van der Waals surface area contributed by atoms with Crippen LogP contribution in [-0.4, -0.2) is 37.7 Å². The SMILES string of the molecule is C=CCOc1cccc2c1OC[C@H]1[C@H]2CCCN1C.Cl. The van der Waals surface area contributed by atoms with E-state index in [1.54, 1.807) is 6.08 Å². The van der Waals surface area contributed by atoms with Gasteiger partial charge in [0.2, 0.25) is 0 Å². The Morgan fingerprint density at radius 2 is 2.35 bits per heavy atom. The van der Waals surface area contributed by atoms with Crippen LogP contribution < -0.4 is 9.47 Å². The van der Waals surface area contributed by atoms with Gasteiger partial charge in [-0.2, -0.15) is 0 Å². The minimum absolute atomic E-state index is 0. The molecule has 1 fully saturated rings. The first-order valence-electron chi connectivity index (χ1n) is 7.01. The van der Waals surface area contributed by atoms with E-state index in [4.69, 9.17) is 9.47 Å². The van der Waals surface area contributed by atoms with Crippen molar-refractivity contribution in [1.29, 1.82) is 0 Å². The molecule has 0 bridgehead atoms. The topological polar surface area (TPSA) is 21.7 Å². The largest absolute Gasteiger partial charge is 0.488 e. The quantitative estimate of drug-likeness (QED) is 0.799. The van der Waals surface area contributed by atoms with Gasteiger partial charge in [-0.05, 0) is 32.5 Å². The third-order valence-electron chi connectivity index (χ3n) is 4.22. The van der Waals surface area contributed by atoms with Crippen molar-refractivity contribution < 1.29 is 9.47 Å². The standard InChI is InChI=1S/C16H21NO2.ClH/c1-3-10-18-15-8-4-6-13-12-7-5-9-17(2)14(12)11-19-16(13)15;/h3-4,6,8,12,14H,1,5,7,9-11H2,2H3;1H/t12-,14-;/m0./s1. The third kappa shape index (κ3) is 2.65. The van der Waals surface area contributed by atoms with Crippen LogP contribution in [0.5, 0.6) is 11.5 Å². The fourth-order valence-electron chi connectivity index (χ4n) is 3.24. The summed E-state index contributed by atoms with van der Waals surface area (Å²) in [5.41, 5.74) is 1.31. The summed E-state index contributed by atoms with van der Waals surface area (Å²) in [7, 11) is 2.20. The van der Waals surface area contributed by atoms with E-state index < -0.39 is 0 Å². The molecule has 0 spiro atoms. The lowest BCUT2D eigenvalue weighted by atomic mass is 9.82. The van der Waals surface area contributed by atoms with Gasteiger partial charge in [0.1, 0.15) is 13.2 Å². The number of likely N-dealkylation sites (tertiary alicyclic amines) is 1. The molecule has 0 aliphatic carbocycles. The van der Waals surface area contributed by atoms with Gasteiger partial charge < -0.3 is 9.47 Å². The van der Waals surface area contributed by atoms with E-state index in [2.05, 4.69) is 30.7 Å². The molecule has 0 unspecified atom stereocenters. The Morgan fingerprint density at radius 3 is 3.15 bits per heavy atom. The van der Waals surface area contributed by atoms with Crippen molar-refractivity contribution in [1.82, 2.24) is 4.90 Å². The van der Waals surface area contributed by atoms with Gasteiger partial charge in [0, 0.05) is 11.5 Å². The second-order valence-corrected chi connectivity index (χ2v) is 5.38. The zero-order valence-corrected chi connectivity index (χ0v) is 12.7. The predicted octanol–water partition coefficient (Wildman–Crippen LogP) is 3.24. The van der Waals surface area contributed by atoms with Crippen molar-refractivity contribution in [2.75, 3.05) is 26.8 Å². The number of hydrogen-bond acceptors (Lipinski definition) is 3. The molecule has 0 radical (unpaired) electrons. The molecule has 1 aromatic carbocycles. The highest BCUT2D eigenvalue weighted by Gasteiger charge is 2.36. The second kappa shape index (κ2) is 6.51. The molecule has 2 aliphatic rings. The molecule has 2 aliphatic heterocycles. The fraction of sp³-hybridized carbons (Fsp3) is 0.500. The molecule has 1 aromatic rings. The van der Waals surface area contributed by atoms with E-state index in [1.165, 1.54) is 24.9 Å². The highest BCUT2D eigenvalue weighted by molar-refractivity contribution is 5.85. The maximum absolute atomic E-state index is 5.99. The average Bonchev–Trinajstić information content (AvgIpc) is 2.45. The van der Waals surface area contributed by atoms with Crippen LogP contribution in [0.15, 0.2) is 30.9 Å². The summed E-state index contributed by atoms with van der Waals surface area (Å²) < 4.78 is 11.7. The number of rotatable bonds is 3. The van der Waals surface area contributed by atoms with Crippen LogP contribution in [0.2, 0.25) is 0 Å². The van der Waals surface area contributed by atoms with Crippen molar-refractivity contribution in [3.8, 4) is 11.5 Å². The lowest BCUT2D eigenvalue weighted by molar-refractivity contribution is 0.0844. The Morgan fingerprint density at radius 1 is 1.50 bits per heavy atom. The van der Waals surface area contributed by atoms with E-state index in [9.17, 15) is 0 Å². The number of ether oxygens (including phenoxy) is 2. The molecule has 0 amide bonds. The summed E-state index contributed by atoms with van der Waals surface area (Å²) >= 11 is 0. The van der Waals surface area contributed by atoms with Crippen LogP contribution in [0.3, 0.4) is 0 Å². The Kier molecular flexibility index (Phi) is 4.95. The molecule has 1 saturated heterocycles. The normalized spacial score (nSPS) is 24.6. The van der Waals surface area contributed by atoms with Gasteiger partial charge in [-0.1, -0.05) is 24.8 Å². The lowest BCUT2D eigenvalue weighted by Crippen LogP contribution is -2.47. The zero-order valence-electron chi connectivity index (χ0n) is 11.9. The maximum Gasteiger partial charge on any atom is 0.164 e. The van der Waals surface area contributed by atoms with E-state index in [0.717, 1.165) is 18.1 Å². The van der Waals surface area contributed by atoms with Crippen LogP contribution in [0.25, 0.3) is 0 Å². The van der Waals surface area contributed by atoms with Crippen LogP contribution in [0, 0.1) is 0 Å². The Hall–Kier alpha value is -1.19. The predicted molar refractivity (Wildman–Crippen MR) is 83.3 cm³/mol. The molecular weight excluding hydrogens is 274 g/mol. The summed E-state index contributed by atoms with van der Waals surface area (Å²) in [6, 6.07) is 6.75. The van der Waals surface area contributed by atoms with E-state index in [-0.39, 0.29) is 12.4 Å². The zero-order chi connectivity index (χ0) is 13.2. The summed E-state index contributed by atoms with van der Waals surface area (Å²) in [6.07, 6.45) is 4.27. The fourth-order valence-corrected chi connectivity index (χ4v) is 3.24. The summed E-state index contributed by atoms with van der Waals surface area (Å²) in [5, 5.41) is 0. The highest BCUT2D eigenvalue weighted by atomic mass is 35.5. The second-order valence-electron chi connectivity index (χ2n) is 5.38. The number of nitrogens with zero attached hydrogens (tertiary/aromatic N) is 1. The van der Waals surface area contributed by atoms with E-state index >= 15 is 0 Å². The number of para-hydroxylation sites is 1. The molecule has 20 heavy (non-hydrogen) atoms. The number of likely N-dealkylation sites (N-methyl/N-ethyl adjacent to an activating group) is 1. The first-order chi connectivity index (χ1) is 9.31. The van der Waals surface area contributed by atoms with Crippen molar-refractivity contribution in [2.45, 2.75) is 24.8 Å². The Balaban J connectivity index is 0.00000147. The van der Waals surface area contributed by atoms with Crippen LogP contribution >= 0.6 is 12.4 Å². The minimum Gasteiger partial charge on any atom is -0.488 e. The molecular formula is C16H22ClNO2. The number of halogens is 1. The van der Waals surface area contributed by atoms with Crippen LogP contribution in [0.1, 0.15) is 24.3 Å². The molecule has 2 heterocycles. The monoisotopic (exact) mass is 295 g/mol. The highest BCUT2D eigenvalue weighted by Crippen LogP contribution is 2.44. The number of benzene rings is 1. The first kappa shape index (κ1) is 15.2. The smallest absolute Gasteiger partial charge is 0.164 e. The first-order valence-corrected chi connectivity index (χ1v) is 7.01. The number of fused-ring (bicyclic) bond motifs is 3. The van der Waals surface area contributed by atoms with Gasteiger partial charge >= 0.3 is 0 Å². The van der Waals surface area contributed by atoms with Gasteiger partial charge in [-0.3, -0.25) is 4.90 Å². The molecule has 0 aromatic heterocycles. The minimum atomic E-state index is 0. The van der Waals surface area contributed by atoms with Gasteiger partial charge in [0.25, 0.3) is 0 Å².